The normalized spacial score (nSPS) is 26.9. The summed E-state index contributed by atoms with van der Waals surface area (Å²) in [4.78, 5) is 0. The molecule has 19 heavy (non-hydrogen) atoms. The first-order valence-electron chi connectivity index (χ1n) is 6.92. The van der Waals surface area contributed by atoms with E-state index < -0.39 is 0 Å². The van der Waals surface area contributed by atoms with Crippen molar-refractivity contribution < 1.29 is 9.84 Å². The number of aliphatic hydroxyl groups is 1. The molecule has 108 valence electrons. The Morgan fingerprint density at radius 2 is 2.32 bits per heavy atom. The van der Waals surface area contributed by atoms with Crippen LogP contribution in [0.4, 0.5) is 0 Å². The van der Waals surface area contributed by atoms with Gasteiger partial charge in [-0.25, -0.2) is 4.68 Å². The summed E-state index contributed by atoms with van der Waals surface area (Å²) in [7, 11) is 3.57. The summed E-state index contributed by atoms with van der Waals surface area (Å²) in [6.45, 7) is 5.14. The van der Waals surface area contributed by atoms with E-state index in [2.05, 4.69) is 17.3 Å². The molecule has 0 bridgehead atoms. The van der Waals surface area contributed by atoms with Gasteiger partial charge < -0.3 is 15.2 Å². The first-order valence-corrected chi connectivity index (χ1v) is 6.92. The topological polar surface area (TPSA) is 59.3 Å². The van der Waals surface area contributed by atoms with E-state index in [9.17, 15) is 5.11 Å². The Labute approximate surface area is 115 Å². The van der Waals surface area contributed by atoms with Gasteiger partial charge in [-0.3, -0.25) is 0 Å². The Morgan fingerprint density at radius 3 is 2.95 bits per heavy atom. The number of nitrogens with one attached hydrogen (secondary N) is 1. The fourth-order valence-electron chi connectivity index (χ4n) is 3.14. The monoisotopic (exact) mass is 267 g/mol. The zero-order valence-electron chi connectivity index (χ0n) is 12.4. The van der Waals surface area contributed by atoms with E-state index >= 15 is 0 Å². The maximum Gasteiger partial charge on any atom is 0.216 e. The summed E-state index contributed by atoms with van der Waals surface area (Å²) in [5.74, 6) is 0.814. The molecule has 1 aromatic rings. The second-order valence-corrected chi connectivity index (χ2v) is 5.83. The molecular weight excluding hydrogens is 242 g/mol. The Morgan fingerprint density at radius 1 is 1.58 bits per heavy atom. The molecule has 5 heteroatoms. The number of aromatic nitrogens is 2. The van der Waals surface area contributed by atoms with Gasteiger partial charge in [0.1, 0.15) is 0 Å². The van der Waals surface area contributed by atoms with E-state index in [1.54, 1.807) is 11.8 Å². The Hall–Kier alpha value is -1.07. The third-order valence-electron chi connectivity index (χ3n) is 4.45. The molecule has 1 aromatic heterocycles. The van der Waals surface area contributed by atoms with Gasteiger partial charge in [-0.05, 0) is 19.8 Å². The Bertz CT molecular complexity index is 444. The molecule has 0 saturated heterocycles. The van der Waals surface area contributed by atoms with Crippen molar-refractivity contribution in [1.29, 1.82) is 0 Å². The van der Waals surface area contributed by atoms with Crippen molar-refractivity contribution >= 4 is 0 Å². The zero-order valence-corrected chi connectivity index (χ0v) is 12.4. The van der Waals surface area contributed by atoms with Crippen molar-refractivity contribution in [3.8, 4) is 5.88 Å². The molecule has 2 rings (SSSR count). The van der Waals surface area contributed by atoms with Crippen LogP contribution in [0.25, 0.3) is 0 Å². The van der Waals surface area contributed by atoms with Gasteiger partial charge in [-0.2, -0.15) is 5.10 Å². The molecule has 2 atom stereocenters. The molecule has 0 amide bonds. The molecule has 1 aliphatic carbocycles. The molecule has 1 heterocycles. The first kappa shape index (κ1) is 14.3. The van der Waals surface area contributed by atoms with Crippen LogP contribution in [0.1, 0.15) is 37.4 Å². The second kappa shape index (κ2) is 5.51. The SMILES string of the molecule is COc1c(CNC2CCCC2(C)CO)c(C)nn1C. The standard InChI is InChI=1S/C14H25N3O2/c1-10-11(13(19-4)17(3)16-10)8-15-12-6-5-7-14(12,2)9-18/h12,15,18H,5-9H2,1-4H3. The van der Waals surface area contributed by atoms with Gasteiger partial charge in [0.05, 0.1) is 18.4 Å². The smallest absolute Gasteiger partial charge is 0.216 e. The molecule has 2 unspecified atom stereocenters. The summed E-state index contributed by atoms with van der Waals surface area (Å²) in [6.07, 6.45) is 3.39. The molecule has 1 saturated carbocycles. The number of nitrogens with zero attached hydrogens (tertiary/aromatic N) is 2. The van der Waals surface area contributed by atoms with E-state index in [0.717, 1.165) is 36.5 Å². The summed E-state index contributed by atoms with van der Waals surface area (Å²) >= 11 is 0. The van der Waals surface area contributed by atoms with E-state index in [1.165, 1.54) is 6.42 Å². The second-order valence-electron chi connectivity index (χ2n) is 5.83. The molecule has 1 fully saturated rings. The van der Waals surface area contributed by atoms with Gasteiger partial charge >= 0.3 is 0 Å². The number of aliphatic hydroxyl groups excluding tert-OH is 1. The van der Waals surface area contributed by atoms with Crippen LogP contribution >= 0.6 is 0 Å². The molecule has 0 aliphatic heterocycles. The fraction of sp³-hybridized carbons (Fsp3) is 0.786. The highest BCUT2D eigenvalue weighted by molar-refractivity contribution is 5.30. The van der Waals surface area contributed by atoms with Crippen molar-refractivity contribution in [2.24, 2.45) is 12.5 Å². The van der Waals surface area contributed by atoms with Crippen molar-refractivity contribution in [3.05, 3.63) is 11.3 Å². The lowest BCUT2D eigenvalue weighted by molar-refractivity contribution is 0.118. The lowest BCUT2D eigenvalue weighted by atomic mass is 9.86. The Kier molecular flexibility index (Phi) is 4.16. The quantitative estimate of drug-likeness (QED) is 0.846. The van der Waals surface area contributed by atoms with Crippen molar-refractivity contribution in [2.45, 2.75) is 45.7 Å². The van der Waals surface area contributed by atoms with E-state index in [0.29, 0.717) is 6.04 Å². The molecule has 0 aromatic carbocycles. The molecule has 5 nitrogen and oxygen atoms in total. The summed E-state index contributed by atoms with van der Waals surface area (Å²) in [6, 6.07) is 0.363. The number of rotatable bonds is 5. The number of ether oxygens (including phenoxy) is 1. The van der Waals surface area contributed by atoms with Crippen molar-refractivity contribution in [2.75, 3.05) is 13.7 Å². The minimum atomic E-state index is 0.00332. The summed E-state index contributed by atoms with van der Waals surface area (Å²) < 4.78 is 7.17. The largest absolute Gasteiger partial charge is 0.481 e. The highest BCUT2D eigenvalue weighted by Gasteiger charge is 2.38. The van der Waals surface area contributed by atoms with Gasteiger partial charge in [-0.1, -0.05) is 13.3 Å². The number of methoxy groups -OCH3 is 1. The van der Waals surface area contributed by atoms with E-state index in [1.807, 2.05) is 14.0 Å². The van der Waals surface area contributed by atoms with Crippen LogP contribution in [0.2, 0.25) is 0 Å². The third-order valence-corrected chi connectivity index (χ3v) is 4.45. The first-order chi connectivity index (χ1) is 9.01. The lowest BCUT2D eigenvalue weighted by Crippen LogP contribution is -2.41. The molecule has 0 radical (unpaired) electrons. The number of hydrogen-bond acceptors (Lipinski definition) is 4. The average Bonchev–Trinajstić information content (AvgIpc) is 2.88. The van der Waals surface area contributed by atoms with Crippen LogP contribution in [0.5, 0.6) is 5.88 Å². The maximum absolute atomic E-state index is 9.57. The minimum Gasteiger partial charge on any atom is -0.481 e. The van der Waals surface area contributed by atoms with Crippen LogP contribution in [-0.2, 0) is 13.6 Å². The van der Waals surface area contributed by atoms with Crippen LogP contribution in [0.15, 0.2) is 0 Å². The summed E-state index contributed by atoms with van der Waals surface area (Å²) in [5.41, 5.74) is 2.11. The lowest BCUT2D eigenvalue weighted by Gasteiger charge is -2.30. The zero-order chi connectivity index (χ0) is 14.0. The van der Waals surface area contributed by atoms with Gasteiger partial charge in [0.25, 0.3) is 0 Å². The third kappa shape index (κ3) is 2.62. The van der Waals surface area contributed by atoms with Crippen LogP contribution in [0.3, 0.4) is 0 Å². The number of aryl methyl sites for hydroxylation is 2. The highest BCUT2D eigenvalue weighted by atomic mass is 16.5. The molecule has 1 aliphatic rings. The Balaban J connectivity index is 2.07. The van der Waals surface area contributed by atoms with E-state index in [4.69, 9.17) is 4.74 Å². The maximum atomic E-state index is 9.57. The van der Waals surface area contributed by atoms with Gasteiger partial charge in [0, 0.05) is 31.7 Å². The van der Waals surface area contributed by atoms with Crippen LogP contribution < -0.4 is 10.1 Å². The van der Waals surface area contributed by atoms with Crippen LogP contribution in [0, 0.1) is 12.3 Å². The predicted octanol–water partition coefficient (Wildman–Crippen LogP) is 1.38. The van der Waals surface area contributed by atoms with Crippen molar-refractivity contribution in [3.63, 3.8) is 0 Å². The number of hydrogen-bond donors (Lipinski definition) is 2. The van der Waals surface area contributed by atoms with Gasteiger partial charge in [0.15, 0.2) is 0 Å². The van der Waals surface area contributed by atoms with Crippen molar-refractivity contribution in [1.82, 2.24) is 15.1 Å². The van der Waals surface area contributed by atoms with Crippen LogP contribution in [-0.4, -0.2) is 34.6 Å². The van der Waals surface area contributed by atoms with Gasteiger partial charge in [0.2, 0.25) is 5.88 Å². The molecular formula is C14H25N3O2. The average molecular weight is 267 g/mol. The molecule has 2 N–H and O–H groups in total. The summed E-state index contributed by atoms with van der Waals surface area (Å²) in [5, 5.41) is 17.5. The highest BCUT2D eigenvalue weighted by Crippen LogP contribution is 2.37. The predicted molar refractivity (Wildman–Crippen MR) is 74.2 cm³/mol. The van der Waals surface area contributed by atoms with Gasteiger partial charge in [-0.15, -0.1) is 0 Å². The van der Waals surface area contributed by atoms with E-state index in [-0.39, 0.29) is 12.0 Å². The molecule has 0 spiro atoms. The fourth-order valence-corrected chi connectivity index (χ4v) is 3.14. The minimum absolute atomic E-state index is 0.00332.